The monoisotopic (exact) mass is 331 g/mol. The van der Waals surface area contributed by atoms with E-state index in [4.69, 9.17) is 10.5 Å². The second-order valence-corrected chi connectivity index (χ2v) is 5.73. The first-order valence-electron chi connectivity index (χ1n) is 7.90. The minimum absolute atomic E-state index is 0.448. The van der Waals surface area contributed by atoms with E-state index >= 15 is 0 Å². The fourth-order valence-electron chi connectivity index (χ4n) is 2.94. The van der Waals surface area contributed by atoms with Gasteiger partial charge in [-0.15, -0.1) is 10.2 Å². The van der Waals surface area contributed by atoms with E-state index in [0.29, 0.717) is 17.2 Å². The summed E-state index contributed by atoms with van der Waals surface area (Å²) in [5.41, 5.74) is 11.3. The third kappa shape index (κ3) is 2.48. The van der Waals surface area contributed by atoms with E-state index < -0.39 is 0 Å². The molecule has 0 amide bonds. The second kappa shape index (κ2) is 5.90. The minimum Gasteiger partial charge on any atom is -0.497 e. The van der Waals surface area contributed by atoms with Crippen LogP contribution in [-0.4, -0.2) is 26.9 Å². The zero-order valence-corrected chi connectivity index (χ0v) is 14.0. The van der Waals surface area contributed by atoms with Crippen molar-refractivity contribution in [1.29, 1.82) is 0 Å². The summed E-state index contributed by atoms with van der Waals surface area (Å²) in [6, 6.07) is 17.6. The molecule has 0 spiro atoms. The van der Waals surface area contributed by atoms with Crippen LogP contribution in [0.15, 0.2) is 54.6 Å². The van der Waals surface area contributed by atoms with Gasteiger partial charge in [-0.2, -0.15) is 9.61 Å². The number of rotatable bonds is 3. The van der Waals surface area contributed by atoms with Gasteiger partial charge in [0.2, 0.25) is 0 Å². The summed E-state index contributed by atoms with van der Waals surface area (Å²) in [5, 5.41) is 13.3. The summed E-state index contributed by atoms with van der Waals surface area (Å²) in [4.78, 5) is 0. The first-order chi connectivity index (χ1) is 12.2. The van der Waals surface area contributed by atoms with Gasteiger partial charge < -0.3 is 10.5 Å². The fraction of sp³-hybridized carbons (Fsp3) is 0.105. The zero-order chi connectivity index (χ0) is 17.4. The second-order valence-electron chi connectivity index (χ2n) is 5.73. The highest BCUT2D eigenvalue weighted by Gasteiger charge is 2.18. The molecule has 2 N–H and O–H groups in total. The van der Waals surface area contributed by atoms with Gasteiger partial charge in [0.1, 0.15) is 11.4 Å². The summed E-state index contributed by atoms with van der Waals surface area (Å²) in [5.74, 6) is 1.18. The highest BCUT2D eigenvalue weighted by atomic mass is 16.5. The number of aryl methyl sites for hydroxylation is 1. The average molecular weight is 331 g/mol. The number of hydrogen-bond acceptors (Lipinski definition) is 5. The van der Waals surface area contributed by atoms with Crippen molar-refractivity contribution in [3.63, 3.8) is 0 Å². The van der Waals surface area contributed by atoms with Crippen LogP contribution in [0, 0.1) is 6.92 Å². The van der Waals surface area contributed by atoms with Crippen LogP contribution in [-0.2, 0) is 0 Å². The van der Waals surface area contributed by atoms with Crippen LogP contribution < -0.4 is 10.5 Å². The molecule has 2 aromatic carbocycles. The lowest BCUT2D eigenvalue weighted by molar-refractivity contribution is 0.415. The first-order valence-corrected chi connectivity index (χ1v) is 7.90. The number of aromatic nitrogens is 4. The number of ether oxygens (including phenoxy) is 1. The number of benzene rings is 2. The molecule has 25 heavy (non-hydrogen) atoms. The summed E-state index contributed by atoms with van der Waals surface area (Å²) in [6.07, 6.45) is 0. The van der Waals surface area contributed by atoms with Crippen LogP contribution in [0.4, 0.5) is 5.82 Å². The maximum atomic E-state index is 6.36. The van der Waals surface area contributed by atoms with Gasteiger partial charge in [0.05, 0.1) is 18.4 Å². The molecule has 6 nitrogen and oxygen atoms in total. The summed E-state index contributed by atoms with van der Waals surface area (Å²) in [6.45, 7) is 1.95. The largest absolute Gasteiger partial charge is 0.497 e. The lowest BCUT2D eigenvalue weighted by Gasteiger charge is -2.07. The Morgan fingerprint density at radius 3 is 2.48 bits per heavy atom. The van der Waals surface area contributed by atoms with Gasteiger partial charge in [-0.05, 0) is 24.6 Å². The van der Waals surface area contributed by atoms with Gasteiger partial charge in [-0.1, -0.05) is 42.5 Å². The lowest BCUT2D eigenvalue weighted by atomic mass is 10.1. The molecule has 6 heteroatoms. The minimum atomic E-state index is 0.448. The van der Waals surface area contributed by atoms with Crippen molar-refractivity contribution >= 4 is 11.5 Å². The molecule has 4 aromatic rings. The van der Waals surface area contributed by atoms with Crippen LogP contribution in [0.3, 0.4) is 0 Å². The van der Waals surface area contributed by atoms with E-state index in [1.807, 2.05) is 61.5 Å². The van der Waals surface area contributed by atoms with Crippen LogP contribution in [0.25, 0.3) is 28.0 Å². The lowest BCUT2D eigenvalue weighted by Crippen LogP contribution is -2.05. The van der Waals surface area contributed by atoms with Crippen molar-refractivity contribution < 1.29 is 4.74 Å². The Kier molecular flexibility index (Phi) is 3.57. The van der Waals surface area contributed by atoms with E-state index in [2.05, 4.69) is 15.3 Å². The van der Waals surface area contributed by atoms with Gasteiger partial charge in [0.25, 0.3) is 0 Å². The predicted molar refractivity (Wildman–Crippen MR) is 97.4 cm³/mol. The van der Waals surface area contributed by atoms with Crippen molar-refractivity contribution in [3.05, 3.63) is 60.3 Å². The molecule has 0 aliphatic carbocycles. The summed E-state index contributed by atoms with van der Waals surface area (Å²) >= 11 is 0. The fourth-order valence-corrected chi connectivity index (χ4v) is 2.94. The van der Waals surface area contributed by atoms with E-state index in [-0.39, 0.29) is 0 Å². The van der Waals surface area contributed by atoms with Gasteiger partial charge in [-0.3, -0.25) is 0 Å². The normalized spacial score (nSPS) is 11.0. The molecule has 0 unspecified atom stereocenters. The van der Waals surface area contributed by atoms with E-state index in [9.17, 15) is 0 Å². The summed E-state index contributed by atoms with van der Waals surface area (Å²) < 4.78 is 6.93. The molecule has 0 saturated carbocycles. The highest BCUT2D eigenvalue weighted by molar-refractivity contribution is 5.82. The predicted octanol–water partition coefficient (Wildman–Crippen LogP) is 3.36. The van der Waals surface area contributed by atoms with Gasteiger partial charge >= 0.3 is 0 Å². The SMILES string of the molecule is COc1cccc(-c2nnc3c(-c4ccccc4)c(C)nn3c2N)c1. The Morgan fingerprint density at radius 1 is 0.960 bits per heavy atom. The number of nitrogen functional groups attached to an aromatic ring is 1. The van der Waals surface area contributed by atoms with Crippen LogP contribution in [0.2, 0.25) is 0 Å². The van der Waals surface area contributed by atoms with Crippen molar-refractivity contribution in [2.45, 2.75) is 6.92 Å². The Morgan fingerprint density at radius 2 is 1.72 bits per heavy atom. The molecule has 4 rings (SSSR count). The number of fused-ring (bicyclic) bond motifs is 1. The molecule has 0 saturated heterocycles. The smallest absolute Gasteiger partial charge is 0.187 e. The molecule has 0 fully saturated rings. The number of methoxy groups -OCH3 is 1. The molecule has 0 aliphatic heterocycles. The quantitative estimate of drug-likeness (QED) is 0.623. The third-order valence-corrected chi connectivity index (χ3v) is 4.16. The van der Waals surface area contributed by atoms with Crippen LogP contribution in [0.1, 0.15) is 5.69 Å². The third-order valence-electron chi connectivity index (χ3n) is 4.16. The zero-order valence-electron chi connectivity index (χ0n) is 14.0. The number of nitrogens with two attached hydrogens (primary N) is 1. The Labute approximate surface area is 144 Å². The molecular formula is C19H17N5O. The molecule has 124 valence electrons. The first kappa shape index (κ1) is 15.1. The number of hydrogen-bond donors (Lipinski definition) is 1. The van der Waals surface area contributed by atoms with Crippen molar-refractivity contribution in [2.75, 3.05) is 12.8 Å². The van der Waals surface area contributed by atoms with Crippen molar-refractivity contribution in [1.82, 2.24) is 19.8 Å². The molecule has 0 bridgehead atoms. The molecule has 0 aliphatic rings. The Bertz CT molecular complexity index is 1060. The average Bonchev–Trinajstić information content (AvgIpc) is 3.00. The van der Waals surface area contributed by atoms with E-state index in [1.165, 1.54) is 0 Å². The number of nitrogens with zero attached hydrogens (tertiary/aromatic N) is 4. The molecule has 0 atom stereocenters. The standard InChI is InChI=1S/C19H17N5O/c1-12-16(13-7-4-3-5-8-13)19-22-21-17(18(20)24(19)23-12)14-9-6-10-15(11-14)25-2/h3-11H,20H2,1-2H3. The van der Waals surface area contributed by atoms with Crippen LogP contribution in [0.5, 0.6) is 5.75 Å². The molecular weight excluding hydrogens is 314 g/mol. The number of anilines is 1. The molecule has 2 heterocycles. The Balaban J connectivity index is 1.93. The summed E-state index contributed by atoms with van der Waals surface area (Å²) in [7, 11) is 1.63. The van der Waals surface area contributed by atoms with Gasteiger partial charge in [-0.25, -0.2) is 0 Å². The van der Waals surface area contributed by atoms with E-state index in [1.54, 1.807) is 11.6 Å². The highest BCUT2D eigenvalue weighted by Crippen LogP contribution is 2.31. The van der Waals surface area contributed by atoms with Crippen molar-refractivity contribution in [3.8, 4) is 28.1 Å². The van der Waals surface area contributed by atoms with Crippen molar-refractivity contribution in [2.24, 2.45) is 0 Å². The maximum Gasteiger partial charge on any atom is 0.187 e. The topological polar surface area (TPSA) is 78.3 Å². The Hall–Kier alpha value is -3.41. The van der Waals surface area contributed by atoms with E-state index in [0.717, 1.165) is 28.1 Å². The van der Waals surface area contributed by atoms with Crippen LogP contribution >= 0.6 is 0 Å². The van der Waals surface area contributed by atoms with Gasteiger partial charge in [0.15, 0.2) is 11.5 Å². The van der Waals surface area contributed by atoms with Gasteiger partial charge in [0, 0.05) is 5.56 Å². The molecule has 2 aromatic heterocycles. The maximum absolute atomic E-state index is 6.36. The molecule has 0 radical (unpaired) electrons.